The standard InChI is InChI=1S/C23H25N5O2.HI/c1-24-23(25-13-20-16-30-22(27-20)18-8-3-2-4-9-18)26-14-21(29)28-12-11-17-7-5-6-10-19(17)15-28;/h2-10,16H,11-15H2,1H3,(H2,24,25,26);1H. The van der Waals surface area contributed by atoms with Crippen LogP contribution in [-0.4, -0.2) is 41.9 Å². The number of aliphatic imine (C=N–C) groups is 1. The second-order valence-electron chi connectivity index (χ2n) is 7.12. The number of benzene rings is 2. The lowest BCUT2D eigenvalue weighted by atomic mass is 10.00. The molecule has 3 aromatic rings. The van der Waals surface area contributed by atoms with E-state index in [0.29, 0.717) is 24.9 Å². The Bertz CT molecular complexity index is 1040. The van der Waals surface area contributed by atoms with E-state index in [-0.39, 0.29) is 36.4 Å². The normalized spacial score (nSPS) is 13.2. The Morgan fingerprint density at radius 1 is 1.10 bits per heavy atom. The zero-order valence-corrected chi connectivity index (χ0v) is 19.7. The van der Waals surface area contributed by atoms with Gasteiger partial charge in [0.2, 0.25) is 11.8 Å². The molecule has 0 atom stereocenters. The fourth-order valence-electron chi connectivity index (χ4n) is 3.48. The van der Waals surface area contributed by atoms with Crippen LogP contribution in [0.25, 0.3) is 11.5 Å². The highest BCUT2D eigenvalue weighted by molar-refractivity contribution is 14.0. The molecule has 1 aliphatic heterocycles. The molecular weight excluding hydrogens is 505 g/mol. The van der Waals surface area contributed by atoms with Crippen molar-refractivity contribution in [2.45, 2.75) is 19.5 Å². The summed E-state index contributed by atoms with van der Waals surface area (Å²) in [5, 5.41) is 6.26. The molecule has 8 heteroatoms. The van der Waals surface area contributed by atoms with E-state index in [4.69, 9.17) is 4.42 Å². The monoisotopic (exact) mass is 531 g/mol. The molecule has 0 radical (unpaired) electrons. The Labute approximate surface area is 199 Å². The van der Waals surface area contributed by atoms with Crippen LogP contribution in [0.4, 0.5) is 0 Å². The molecular formula is C23H26IN5O2. The number of carbonyl (C=O) groups is 1. The third kappa shape index (κ3) is 5.84. The number of oxazole rings is 1. The molecule has 0 spiro atoms. The Balaban J connectivity index is 0.00000272. The summed E-state index contributed by atoms with van der Waals surface area (Å²) in [5.41, 5.74) is 4.24. The quantitative estimate of drug-likeness (QED) is 0.300. The van der Waals surface area contributed by atoms with Gasteiger partial charge in [-0.3, -0.25) is 9.79 Å². The van der Waals surface area contributed by atoms with Gasteiger partial charge in [0.15, 0.2) is 5.96 Å². The Morgan fingerprint density at radius 3 is 2.61 bits per heavy atom. The van der Waals surface area contributed by atoms with Crippen LogP contribution in [0.3, 0.4) is 0 Å². The first-order valence-electron chi connectivity index (χ1n) is 10.0. The second kappa shape index (κ2) is 10.9. The van der Waals surface area contributed by atoms with Crippen LogP contribution in [0.15, 0.2) is 70.3 Å². The van der Waals surface area contributed by atoms with Gasteiger partial charge in [-0.15, -0.1) is 24.0 Å². The average Bonchev–Trinajstić information content (AvgIpc) is 3.28. The number of aromatic nitrogens is 1. The van der Waals surface area contributed by atoms with Gasteiger partial charge in [0, 0.05) is 25.7 Å². The first kappa shape index (κ1) is 22.8. The van der Waals surface area contributed by atoms with Gasteiger partial charge >= 0.3 is 0 Å². The van der Waals surface area contributed by atoms with Crippen molar-refractivity contribution >= 4 is 35.8 Å². The largest absolute Gasteiger partial charge is 0.444 e. The minimum absolute atomic E-state index is 0. The van der Waals surface area contributed by atoms with E-state index in [1.807, 2.05) is 47.4 Å². The van der Waals surface area contributed by atoms with Crippen LogP contribution >= 0.6 is 24.0 Å². The van der Waals surface area contributed by atoms with Crippen molar-refractivity contribution in [3.63, 3.8) is 0 Å². The number of rotatable bonds is 5. The molecule has 1 aromatic heterocycles. The van der Waals surface area contributed by atoms with Gasteiger partial charge in [-0.2, -0.15) is 0 Å². The van der Waals surface area contributed by atoms with Crippen LogP contribution in [0.5, 0.6) is 0 Å². The van der Waals surface area contributed by atoms with Crippen LogP contribution in [0.2, 0.25) is 0 Å². The van der Waals surface area contributed by atoms with Crippen molar-refractivity contribution in [3.05, 3.63) is 77.7 Å². The molecule has 0 bridgehead atoms. The van der Waals surface area contributed by atoms with E-state index in [0.717, 1.165) is 24.2 Å². The van der Waals surface area contributed by atoms with E-state index >= 15 is 0 Å². The number of amides is 1. The molecule has 2 N–H and O–H groups in total. The first-order chi connectivity index (χ1) is 14.7. The van der Waals surface area contributed by atoms with Crippen LogP contribution < -0.4 is 10.6 Å². The van der Waals surface area contributed by atoms with Crippen molar-refractivity contribution in [1.82, 2.24) is 20.5 Å². The van der Waals surface area contributed by atoms with E-state index in [9.17, 15) is 4.79 Å². The number of fused-ring (bicyclic) bond motifs is 1. The summed E-state index contributed by atoms with van der Waals surface area (Å²) in [5.74, 6) is 1.18. The Morgan fingerprint density at radius 2 is 1.84 bits per heavy atom. The number of nitrogens with one attached hydrogen (secondary N) is 2. The maximum atomic E-state index is 12.6. The minimum Gasteiger partial charge on any atom is -0.444 e. The van der Waals surface area contributed by atoms with Gasteiger partial charge in [0.1, 0.15) is 6.26 Å². The van der Waals surface area contributed by atoms with Crippen molar-refractivity contribution in [3.8, 4) is 11.5 Å². The Hall–Kier alpha value is -2.88. The topological polar surface area (TPSA) is 82.8 Å². The van der Waals surface area contributed by atoms with Gasteiger partial charge in [-0.1, -0.05) is 42.5 Å². The third-order valence-corrected chi connectivity index (χ3v) is 5.12. The van der Waals surface area contributed by atoms with Crippen molar-refractivity contribution in [2.24, 2.45) is 4.99 Å². The molecule has 1 aliphatic rings. The summed E-state index contributed by atoms with van der Waals surface area (Å²) >= 11 is 0. The number of hydrogen-bond acceptors (Lipinski definition) is 4. The average molecular weight is 531 g/mol. The van der Waals surface area contributed by atoms with Crippen molar-refractivity contribution in [1.29, 1.82) is 0 Å². The van der Waals surface area contributed by atoms with Crippen LogP contribution in [-0.2, 0) is 24.3 Å². The van der Waals surface area contributed by atoms with E-state index < -0.39 is 0 Å². The summed E-state index contributed by atoms with van der Waals surface area (Å²) in [7, 11) is 1.68. The summed E-state index contributed by atoms with van der Waals surface area (Å²) < 4.78 is 5.55. The minimum atomic E-state index is 0. The molecule has 0 saturated carbocycles. The smallest absolute Gasteiger partial charge is 0.242 e. The highest BCUT2D eigenvalue weighted by Gasteiger charge is 2.20. The zero-order valence-electron chi connectivity index (χ0n) is 17.4. The molecule has 1 amide bonds. The van der Waals surface area contributed by atoms with E-state index in [2.05, 4.69) is 32.7 Å². The number of hydrogen-bond donors (Lipinski definition) is 2. The number of halogens is 1. The second-order valence-corrected chi connectivity index (χ2v) is 7.12. The van der Waals surface area contributed by atoms with Gasteiger partial charge in [-0.05, 0) is 29.7 Å². The van der Waals surface area contributed by atoms with Gasteiger partial charge in [0.25, 0.3) is 0 Å². The lowest BCUT2D eigenvalue weighted by Crippen LogP contribution is -2.45. The molecule has 0 unspecified atom stereocenters. The number of nitrogens with zero attached hydrogens (tertiary/aromatic N) is 3. The van der Waals surface area contributed by atoms with Crippen molar-refractivity contribution in [2.75, 3.05) is 20.1 Å². The summed E-state index contributed by atoms with van der Waals surface area (Å²) in [6.45, 7) is 2.03. The number of carbonyl (C=O) groups excluding carboxylic acids is 1. The summed E-state index contributed by atoms with van der Waals surface area (Å²) in [6.07, 6.45) is 2.52. The first-order valence-corrected chi connectivity index (χ1v) is 10.0. The lowest BCUT2D eigenvalue weighted by Gasteiger charge is -2.29. The van der Waals surface area contributed by atoms with E-state index in [1.165, 1.54) is 11.1 Å². The lowest BCUT2D eigenvalue weighted by molar-refractivity contribution is -0.130. The van der Waals surface area contributed by atoms with Gasteiger partial charge < -0.3 is 20.0 Å². The fraction of sp³-hybridized carbons (Fsp3) is 0.261. The Kier molecular flexibility index (Phi) is 8.05. The molecule has 2 heterocycles. The maximum Gasteiger partial charge on any atom is 0.242 e. The molecule has 162 valence electrons. The molecule has 2 aromatic carbocycles. The zero-order chi connectivity index (χ0) is 20.8. The SMILES string of the molecule is CN=C(NCC(=O)N1CCc2ccccc2C1)NCc1coc(-c2ccccc2)n1.I. The molecule has 4 rings (SSSR count). The summed E-state index contributed by atoms with van der Waals surface area (Å²) in [6, 6.07) is 18.0. The molecule has 0 fully saturated rings. The summed E-state index contributed by atoms with van der Waals surface area (Å²) in [4.78, 5) is 23.2. The van der Waals surface area contributed by atoms with Gasteiger partial charge in [-0.25, -0.2) is 4.98 Å². The third-order valence-electron chi connectivity index (χ3n) is 5.12. The molecule has 0 saturated heterocycles. The highest BCUT2D eigenvalue weighted by atomic mass is 127. The highest BCUT2D eigenvalue weighted by Crippen LogP contribution is 2.19. The van der Waals surface area contributed by atoms with Gasteiger partial charge in [0.05, 0.1) is 18.8 Å². The van der Waals surface area contributed by atoms with E-state index in [1.54, 1.807) is 13.3 Å². The van der Waals surface area contributed by atoms with Crippen LogP contribution in [0.1, 0.15) is 16.8 Å². The molecule has 31 heavy (non-hydrogen) atoms. The maximum absolute atomic E-state index is 12.6. The molecule has 0 aliphatic carbocycles. The predicted octanol–water partition coefficient (Wildman–Crippen LogP) is 3.21. The molecule has 7 nitrogen and oxygen atoms in total. The number of guanidine groups is 1. The van der Waals surface area contributed by atoms with Crippen LogP contribution in [0, 0.1) is 0 Å². The van der Waals surface area contributed by atoms with Crippen molar-refractivity contribution < 1.29 is 9.21 Å². The predicted molar refractivity (Wildman–Crippen MR) is 131 cm³/mol. The fourth-order valence-corrected chi connectivity index (χ4v) is 3.48.